The number of rotatable bonds is 6. The molecule has 1 N–H and O–H groups in total. The van der Waals surface area contributed by atoms with E-state index in [1.165, 1.54) is 17.5 Å². The van der Waals surface area contributed by atoms with Gasteiger partial charge in [-0.15, -0.1) is 0 Å². The van der Waals surface area contributed by atoms with E-state index >= 15 is 0 Å². The van der Waals surface area contributed by atoms with Crippen molar-refractivity contribution in [3.8, 4) is 0 Å². The third-order valence-electron chi connectivity index (χ3n) is 6.39. The van der Waals surface area contributed by atoms with Gasteiger partial charge in [0.25, 0.3) is 5.91 Å². The summed E-state index contributed by atoms with van der Waals surface area (Å²) < 4.78 is 26.9. The summed E-state index contributed by atoms with van der Waals surface area (Å²) in [5, 5.41) is 3.06. The highest BCUT2D eigenvalue weighted by Crippen LogP contribution is 2.25. The van der Waals surface area contributed by atoms with Crippen LogP contribution in [0, 0.1) is 0 Å². The summed E-state index contributed by atoms with van der Waals surface area (Å²) in [7, 11) is -1.35. The molecule has 4 rings (SSSR count). The normalized spacial score (nSPS) is 18.5. The summed E-state index contributed by atoms with van der Waals surface area (Å²) in [6, 6.07) is 13.3. The minimum atomic E-state index is -3.35. The summed E-state index contributed by atoms with van der Waals surface area (Å²) in [6.45, 7) is 4.55. The largest absolute Gasteiger partial charge is 0.346 e. The van der Waals surface area contributed by atoms with Crippen LogP contribution < -0.4 is 5.32 Å². The second-order valence-electron chi connectivity index (χ2n) is 8.73. The lowest BCUT2D eigenvalue weighted by molar-refractivity contribution is 0.0940. The molecule has 1 heterocycles. The molecule has 1 aliphatic carbocycles. The number of nitrogens with one attached hydrogen (secondary N) is 1. The molecular formula is C24H31N3O3S. The molecule has 2 aromatic carbocycles. The van der Waals surface area contributed by atoms with E-state index < -0.39 is 10.0 Å². The first kappa shape index (κ1) is 22.0. The van der Waals surface area contributed by atoms with E-state index in [-0.39, 0.29) is 17.7 Å². The Morgan fingerprint density at radius 1 is 1.00 bits per heavy atom. The minimum Gasteiger partial charge on any atom is -0.346 e. The van der Waals surface area contributed by atoms with E-state index in [9.17, 15) is 13.2 Å². The predicted octanol–water partition coefficient (Wildman–Crippen LogP) is 2.74. The molecule has 1 amide bonds. The summed E-state index contributed by atoms with van der Waals surface area (Å²) >= 11 is 0. The summed E-state index contributed by atoms with van der Waals surface area (Å²) in [5.74, 6) is -0.189. The molecule has 1 saturated heterocycles. The van der Waals surface area contributed by atoms with Gasteiger partial charge in [0.1, 0.15) is 0 Å². The van der Waals surface area contributed by atoms with Crippen LogP contribution in [0.25, 0.3) is 0 Å². The fourth-order valence-electron chi connectivity index (χ4n) is 4.34. The quantitative estimate of drug-likeness (QED) is 0.748. The number of sulfonamides is 1. The van der Waals surface area contributed by atoms with Crippen molar-refractivity contribution < 1.29 is 13.2 Å². The van der Waals surface area contributed by atoms with Crippen molar-refractivity contribution in [2.24, 2.45) is 0 Å². The summed E-state index contributed by atoms with van der Waals surface area (Å²) in [4.78, 5) is 14.8. The highest BCUT2D eigenvalue weighted by atomic mass is 32.2. The zero-order valence-corrected chi connectivity index (χ0v) is 19.1. The fourth-order valence-corrected chi connectivity index (χ4v) is 5.86. The number of nitrogens with zero attached hydrogens (tertiary/aromatic N) is 2. The smallest absolute Gasteiger partial charge is 0.251 e. The Bertz CT molecular complexity index is 1040. The Balaban J connectivity index is 1.36. The molecule has 7 heteroatoms. The molecule has 1 unspecified atom stereocenters. The van der Waals surface area contributed by atoms with Crippen molar-refractivity contribution in [2.45, 2.75) is 38.0 Å². The molecule has 1 atom stereocenters. The van der Waals surface area contributed by atoms with Gasteiger partial charge in [0.05, 0.1) is 11.8 Å². The van der Waals surface area contributed by atoms with Crippen molar-refractivity contribution in [3.05, 3.63) is 70.3 Å². The van der Waals surface area contributed by atoms with Gasteiger partial charge in [-0.2, -0.15) is 4.31 Å². The Kier molecular flexibility index (Phi) is 6.46. The molecule has 1 fully saturated rings. The molecule has 2 aliphatic rings. The van der Waals surface area contributed by atoms with Gasteiger partial charge in [-0.05, 0) is 67.6 Å². The van der Waals surface area contributed by atoms with Gasteiger partial charge in [0.2, 0.25) is 10.0 Å². The van der Waals surface area contributed by atoms with Crippen molar-refractivity contribution in [1.29, 1.82) is 0 Å². The van der Waals surface area contributed by atoms with E-state index in [0.717, 1.165) is 31.5 Å². The molecule has 0 radical (unpaired) electrons. The number of hydrogen-bond acceptors (Lipinski definition) is 4. The van der Waals surface area contributed by atoms with Gasteiger partial charge >= 0.3 is 0 Å². The van der Waals surface area contributed by atoms with Crippen molar-refractivity contribution >= 4 is 15.9 Å². The van der Waals surface area contributed by atoms with Crippen LogP contribution in [-0.4, -0.2) is 56.8 Å². The molecule has 0 saturated carbocycles. The second-order valence-corrected chi connectivity index (χ2v) is 10.7. The van der Waals surface area contributed by atoms with E-state index in [1.807, 2.05) is 14.0 Å². The number of piperazine rings is 1. The van der Waals surface area contributed by atoms with Crippen LogP contribution in [0.5, 0.6) is 0 Å². The first-order valence-corrected chi connectivity index (χ1v) is 12.6. The van der Waals surface area contributed by atoms with Crippen LogP contribution in [0.1, 0.15) is 52.0 Å². The van der Waals surface area contributed by atoms with Gasteiger partial charge in [-0.3, -0.25) is 4.79 Å². The van der Waals surface area contributed by atoms with Gasteiger partial charge in [0, 0.05) is 31.7 Å². The average Bonchev–Trinajstić information content (AvgIpc) is 3.22. The molecule has 0 bridgehead atoms. The van der Waals surface area contributed by atoms with Gasteiger partial charge in [-0.25, -0.2) is 8.42 Å². The van der Waals surface area contributed by atoms with Crippen LogP contribution in [0.3, 0.4) is 0 Å². The third-order valence-corrected chi connectivity index (χ3v) is 8.24. The van der Waals surface area contributed by atoms with Gasteiger partial charge in [-0.1, -0.05) is 30.3 Å². The molecule has 6 nitrogen and oxygen atoms in total. The summed E-state index contributed by atoms with van der Waals surface area (Å²) in [5.41, 5.74) is 5.16. The number of carbonyl (C=O) groups is 1. The number of amides is 1. The van der Waals surface area contributed by atoms with E-state index in [1.54, 1.807) is 28.6 Å². The van der Waals surface area contributed by atoms with E-state index in [4.69, 9.17) is 0 Å². The maximum Gasteiger partial charge on any atom is 0.251 e. The highest BCUT2D eigenvalue weighted by molar-refractivity contribution is 7.88. The highest BCUT2D eigenvalue weighted by Gasteiger charge is 2.26. The zero-order valence-electron chi connectivity index (χ0n) is 18.3. The number of likely N-dealkylation sites (N-methyl/N-ethyl adjacent to an activating group) is 1. The first-order valence-electron chi connectivity index (χ1n) is 11.0. The fraction of sp³-hybridized carbons (Fsp3) is 0.458. The van der Waals surface area contributed by atoms with Gasteiger partial charge < -0.3 is 10.2 Å². The predicted molar refractivity (Wildman–Crippen MR) is 122 cm³/mol. The van der Waals surface area contributed by atoms with Crippen molar-refractivity contribution in [3.63, 3.8) is 0 Å². The van der Waals surface area contributed by atoms with Crippen LogP contribution in [0.4, 0.5) is 0 Å². The van der Waals surface area contributed by atoms with Gasteiger partial charge in [0.15, 0.2) is 0 Å². The maximum atomic E-state index is 12.7. The zero-order chi connectivity index (χ0) is 22.0. The van der Waals surface area contributed by atoms with E-state index in [2.05, 4.69) is 28.4 Å². The topological polar surface area (TPSA) is 69.7 Å². The second kappa shape index (κ2) is 9.10. The summed E-state index contributed by atoms with van der Waals surface area (Å²) in [6.07, 6.45) is 3.46. The molecule has 1 aliphatic heterocycles. The molecule has 0 spiro atoms. The standard InChI is InChI=1S/C24H31N3O3S/c1-18(22-11-10-20-4-3-5-23(20)16-22)25-24(28)21-8-6-19(7-9-21)17-31(29,30)27-14-12-26(2)13-15-27/h6-11,16,18H,3-5,12-15,17H2,1-2H3,(H,25,28). The van der Waals surface area contributed by atoms with Crippen molar-refractivity contribution in [2.75, 3.05) is 33.2 Å². The Morgan fingerprint density at radius 3 is 2.39 bits per heavy atom. The molecule has 166 valence electrons. The van der Waals surface area contributed by atoms with Crippen molar-refractivity contribution in [1.82, 2.24) is 14.5 Å². The van der Waals surface area contributed by atoms with Crippen LogP contribution >= 0.6 is 0 Å². The van der Waals surface area contributed by atoms with Crippen LogP contribution in [0.2, 0.25) is 0 Å². The number of carbonyl (C=O) groups excluding carboxylic acids is 1. The molecule has 31 heavy (non-hydrogen) atoms. The lowest BCUT2D eigenvalue weighted by Crippen LogP contribution is -2.47. The molecule has 2 aromatic rings. The van der Waals surface area contributed by atoms with Crippen LogP contribution in [0.15, 0.2) is 42.5 Å². The Hall–Kier alpha value is -2.22. The average molecular weight is 442 g/mol. The lowest BCUT2D eigenvalue weighted by Gasteiger charge is -2.31. The number of hydrogen-bond donors (Lipinski definition) is 1. The monoisotopic (exact) mass is 441 g/mol. The molecule has 0 aromatic heterocycles. The third kappa shape index (κ3) is 5.17. The SMILES string of the molecule is CC(NC(=O)c1ccc(CS(=O)(=O)N2CCN(C)CC2)cc1)c1ccc2c(c1)CCC2. The molecular weight excluding hydrogens is 410 g/mol. The minimum absolute atomic E-state index is 0.0376. The Morgan fingerprint density at radius 2 is 1.68 bits per heavy atom. The number of aryl methyl sites for hydroxylation is 2. The number of fused-ring (bicyclic) bond motifs is 1. The Labute approximate surface area is 185 Å². The lowest BCUT2D eigenvalue weighted by atomic mass is 10.0. The van der Waals surface area contributed by atoms with Crippen LogP contribution in [-0.2, 0) is 28.6 Å². The number of benzene rings is 2. The maximum absolute atomic E-state index is 12.7. The van der Waals surface area contributed by atoms with E-state index in [0.29, 0.717) is 24.2 Å². The first-order chi connectivity index (χ1) is 14.8.